The molecule has 0 aliphatic carbocycles. The average molecular weight is 283 g/mol. The second-order valence-electron chi connectivity index (χ2n) is 4.89. The van der Waals surface area contributed by atoms with Crippen LogP contribution in [-0.4, -0.2) is 30.9 Å². The van der Waals surface area contributed by atoms with E-state index in [1.807, 2.05) is 0 Å². The third kappa shape index (κ3) is 4.24. The third-order valence-corrected chi connectivity index (χ3v) is 5.01. The normalized spacial score (nSPS) is 18.9. The Labute approximate surface area is 112 Å². The molecule has 1 aliphatic rings. The maximum atomic E-state index is 11.8. The van der Waals surface area contributed by atoms with Gasteiger partial charge in [-0.25, -0.2) is 8.42 Å². The van der Waals surface area contributed by atoms with E-state index in [1.54, 1.807) is 12.1 Å². The second-order valence-corrected chi connectivity index (χ2v) is 7.20. The molecule has 1 aromatic rings. The van der Waals surface area contributed by atoms with Crippen molar-refractivity contribution in [3.05, 3.63) is 24.3 Å². The van der Waals surface area contributed by atoms with E-state index in [1.165, 1.54) is 12.1 Å². The van der Waals surface area contributed by atoms with Gasteiger partial charge >= 0.3 is 0 Å². The number of carbonyl (C=O) groups is 1. The van der Waals surface area contributed by atoms with Crippen LogP contribution in [0.1, 0.15) is 19.3 Å². The molecule has 0 spiro atoms. The highest BCUT2D eigenvalue weighted by atomic mass is 32.2. The first kappa shape index (κ1) is 13.9. The number of rotatable bonds is 3. The van der Waals surface area contributed by atoms with Gasteiger partial charge in [0.05, 0.1) is 11.5 Å². The number of anilines is 1. The minimum atomic E-state index is -2.87. The molecule has 19 heavy (non-hydrogen) atoms. The Morgan fingerprint density at radius 3 is 2.37 bits per heavy atom. The fourth-order valence-electron chi connectivity index (χ4n) is 2.16. The molecular weight excluding hydrogens is 266 g/mol. The summed E-state index contributed by atoms with van der Waals surface area (Å²) in [6, 6.07) is 6.25. The van der Waals surface area contributed by atoms with Gasteiger partial charge in [0.15, 0.2) is 0 Å². The molecule has 104 valence electrons. The molecule has 0 bridgehead atoms. The molecule has 2 rings (SSSR count). The minimum Gasteiger partial charge on any atom is -0.508 e. The van der Waals surface area contributed by atoms with Crippen LogP contribution in [0.5, 0.6) is 5.75 Å². The zero-order valence-electron chi connectivity index (χ0n) is 10.5. The van der Waals surface area contributed by atoms with Crippen molar-refractivity contribution >= 4 is 21.4 Å². The average Bonchev–Trinajstić information content (AvgIpc) is 2.35. The molecule has 0 radical (unpaired) electrons. The number of benzene rings is 1. The van der Waals surface area contributed by atoms with Crippen LogP contribution in [0.25, 0.3) is 0 Å². The standard InChI is InChI=1S/C13H17NO4S/c15-12-3-1-11(2-4-12)14-13(16)9-10-5-7-19(17,18)8-6-10/h1-4,10,15H,5-9H2,(H,14,16). The van der Waals surface area contributed by atoms with Crippen molar-refractivity contribution in [2.45, 2.75) is 19.3 Å². The van der Waals surface area contributed by atoms with Gasteiger partial charge < -0.3 is 10.4 Å². The first-order valence-electron chi connectivity index (χ1n) is 6.24. The summed E-state index contributed by atoms with van der Waals surface area (Å²) in [6.07, 6.45) is 1.47. The van der Waals surface area contributed by atoms with Gasteiger partial charge in [-0.3, -0.25) is 4.79 Å². The van der Waals surface area contributed by atoms with Gasteiger partial charge in [0, 0.05) is 12.1 Å². The second kappa shape index (κ2) is 5.61. The van der Waals surface area contributed by atoms with Gasteiger partial charge in [-0.1, -0.05) is 0 Å². The van der Waals surface area contributed by atoms with Crippen molar-refractivity contribution in [3.8, 4) is 5.75 Å². The Bertz CT molecular complexity index is 537. The van der Waals surface area contributed by atoms with E-state index in [0.29, 0.717) is 24.9 Å². The van der Waals surface area contributed by atoms with Gasteiger partial charge in [0.25, 0.3) is 0 Å². The van der Waals surface area contributed by atoms with Gasteiger partial charge in [-0.15, -0.1) is 0 Å². The van der Waals surface area contributed by atoms with Crippen LogP contribution < -0.4 is 5.32 Å². The number of nitrogens with one attached hydrogen (secondary N) is 1. The van der Waals surface area contributed by atoms with Crippen LogP contribution in [0.2, 0.25) is 0 Å². The van der Waals surface area contributed by atoms with E-state index in [4.69, 9.17) is 5.11 Å². The number of carbonyl (C=O) groups excluding carboxylic acids is 1. The van der Waals surface area contributed by atoms with Crippen LogP contribution in [0, 0.1) is 5.92 Å². The van der Waals surface area contributed by atoms with E-state index in [9.17, 15) is 13.2 Å². The van der Waals surface area contributed by atoms with E-state index < -0.39 is 9.84 Å². The van der Waals surface area contributed by atoms with E-state index in [0.717, 1.165) is 0 Å². The van der Waals surface area contributed by atoms with Crippen LogP contribution >= 0.6 is 0 Å². The van der Waals surface area contributed by atoms with Crippen LogP contribution in [0.15, 0.2) is 24.3 Å². The van der Waals surface area contributed by atoms with Crippen LogP contribution in [0.4, 0.5) is 5.69 Å². The van der Waals surface area contributed by atoms with Crippen LogP contribution in [0.3, 0.4) is 0 Å². The van der Waals surface area contributed by atoms with Crippen molar-refractivity contribution < 1.29 is 18.3 Å². The fraction of sp³-hybridized carbons (Fsp3) is 0.462. The van der Waals surface area contributed by atoms with Crippen LogP contribution in [-0.2, 0) is 14.6 Å². The number of sulfone groups is 1. The Hall–Kier alpha value is -1.56. The number of phenols is 1. The first-order valence-corrected chi connectivity index (χ1v) is 8.06. The van der Waals surface area contributed by atoms with Gasteiger partial charge in [-0.05, 0) is 43.0 Å². The summed E-state index contributed by atoms with van der Waals surface area (Å²) in [5, 5.41) is 11.9. The molecule has 5 nitrogen and oxygen atoms in total. The maximum Gasteiger partial charge on any atom is 0.224 e. The lowest BCUT2D eigenvalue weighted by Gasteiger charge is -2.21. The number of hydrogen-bond donors (Lipinski definition) is 2. The molecule has 1 saturated heterocycles. The summed E-state index contributed by atoms with van der Waals surface area (Å²) >= 11 is 0. The van der Waals surface area contributed by atoms with Crippen molar-refractivity contribution in [2.24, 2.45) is 5.92 Å². The molecule has 1 amide bonds. The summed E-state index contributed by atoms with van der Waals surface area (Å²) in [4.78, 5) is 11.8. The molecule has 1 fully saturated rings. The van der Waals surface area contributed by atoms with Gasteiger partial charge in [0.2, 0.25) is 5.91 Å². The fourth-order valence-corrected chi connectivity index (χ4v) is 3.75. The van der Waals surface area contributed by atoms with Gasteiger partial charge in [-0.2, -0.15) is 0 Å². The number of hydrogen-bond acceptors (Lipinski definition) is 4. The van der Waals surface area contributed by atoms with E-state index in [-0.39, 0.29) is 29.1 Å². The van der Waals surface area contributed by atoms with Crippen molar-refractivity contribution in [1.29, 1.82) is 0 Å². The lowest BCUT2D eigenvalue weighted by molar-refractivity contribution is -0.117. The van der Waals surface area contributed by atoms with Gasteiger partial charge in [0.1, 0.15) is 15.6 Å². The summed E-state index contributed by atoms with van der Waals surface area (Å²) < 4.78 is 22.6. The molecule has 0 saturated carbocycles. The largest absolute Gasteiger partial charge is 0.508 e. The molecule has 1 heterocycles. The molecule has 1 aliphatic heterocycles. The molecule has 0 atom stereocenters. The summed E-state index contributed by atoms with van der Waals surface area (Å²) in [5.74, 6) is 0.542. The molecule has 1 aromatic carbocycles. The van der Waals surface area contributed by atoms with E-state index in [2.05, 4.69) is 5.32 Å². The third-order valence-electron chi connectivity index (χ3n) is 3.30. The Morgan fingerprint density at radius 2 is 1.79 bits per heavy atom. The lowest BCUT2D eigenvalue weighted by Crippen LogP contribution is -2.26. The summed E-state index contributed by atoms with van der Waals surface area (Å²) in [5.41, 5.74) is 0.631. The highest BCUT2D eigenvalue weighted by molar-refractivity contribution is 7.91. The minimum absolute atomic E-state index is 0.116. The molecule has 0 unspecified atom stereocenters. The smallest absolute Gasteiger partial charge is 0.224 e. The quantitative estimate of drug-likeness (QED) is 0.824. The topological polar surface area (TPSA) is 83.5 Å². The Balaban J connectivity index is 1.83. The zero-order valence-corrected chi connectivity index (χ0v) is 11.3. The highest BCUT2D eigenvalue weighted by Gasteiger charge is 2.25. The molecular formula is C13H17NO4S. The maximum absolute atomic E-state index is 11.8. The van der Waals surface area contributed by atoms with Crippen molar-refractivity contribution in [1.82, 2.24) is 0 Å². The first-order chi connectivity index (χ1) is 8.94. The monoisotopic (exact) mass is 283 g/mol. The van der Waals surface area contributed by atoms with Crippen molar-refractivity contribution in [3.63, 3.8) is 0 Å². The predicted octanol–water partition coefficient (Wildman–Crippen LogP) is 1.55. The number of phenolic OH excluding ortho intramolecular Hbond substituents is 1. The zero-order chi connectivity index (χ0) is 13.9. The lowest BCUT2D eigenvalue weighted by atomic mass is 9.98. The molecule has 0 aromatic heterocycles. The van der Waals surface area contributed by atoms with Crippen molar-refractivity contribution in [2.75, 3.05) is 16.8 Å². The Kier molecular flexibility index (Phi) is 4.09. The predicted molar refractivity (Wildman–Crippen MR) is 72.7 cm³/mol. The van der Waals surface area contributed by atoms with E-state index >= 15 is 0 Å². The molecule has 2 N–H and O–H groups in total. The number of amides is 1. The number of aromatic hydroxyl groups is 1. The summed E-state index contributed by atoms with van der Waals surface area (Å²) in [7, 11) is -2.87. The Morgan fingerprint density at radius 1 is 1.21 bits per heavy atom. The summed E-state index contributed by atoms with van der Waals surface area (Å²) in [6.45, 7) is 0. The highest BCUT2D eigenvalue weighted by Crippen LogP contribution is 2.22. The SMILES string of the molecule is O=C(CC1CCS(=O)(=O)CC1)Nc1ccc(O)cc1. The molecule has 6 heteroatoms.